The van der Waals surface area contributed by atoms with Gasteiger partial charge in [0, 0.05) is 44.5 Å². The average Bonchev–Trinajstić information content (AvgIpc) is 3.33. The molecule has 1 aliphatic carbocycles. The predicted molar refractivity (Wildman–Crippen MR) is 103 cm³/mol. The summed E-state index contributed by atoms with van der Waals surface area (Å²) in [4.78, 5) is 8.53. The Hall–Kier alpha value is -2.37. The molecule has 0 radical (unpaired) electrons. The lowest BCUT2D eigenvalue weighted by molar-refractivity contribution is 0.583. The maximum absolute atomic E-state index is 13.5. The van der Waals surface area contributed by atoms with Crippen molar-refractivity contribution in [2.75, 3.05) is 20.1 Å². The zero-order valence-electron chi connectivity index (χ0n) is 15.6. The Morgan fingerprint density at radius 1 is 1.31 bits per heavy atom. The molecule has 1 heterocycles. The lowest BCUT2D eigenvalue weighted by atomic mass is 9.96. The van der Waals surface area contributed by atoms with Crippen molar-refractivity contribution in [1.82, 2.24) is 20.2 Å². The molecule has 0 unspecified atom stereocenters. The van der Waals surface area contributed by atoms with Crippen LogP contribution in [0.15, 0.2) is 41.7 Å². The summed E-state index contributed by atoms with van der Waals surface area (Å²) in [6.07, 6.45) is 8.19. The van der Waals surface area contributed by atoms with E-state index in [1.165, 1.54) is 6.07 Å². The molecule has 140 valence electrons. The fourth-order valence-corrected chi connectivity index (χ4v) is 3.26. The normalized spacial score (nSPS) is 15.7. The van der Waals surface area contributed by atoms with Crippen molar-refractivity contribution in [3.63, 3.8) is 0 Å². The predicted octanol–water partition coefficient (Wildman–Crippen LogP) is 3.01. The number of rotatable bonds is 8. The Morgan fingerprint density at radius 3 is 2.81 bits per heavy atom. The molecule has 3 rings (SSSR count). The Kier molecular flexibility index (Phi) is 5.91. The van der Waals surface area contributed by atoms with E-state index in [-0.39, 0.29) is 11.2 Å². The first-order valence-electron chi connectivity index (χ1n) is 9.31. The topological polar surface area (TPSA) is 54.2 Å². The number of unbranched alkanes of at least 4 members (excludes halogenated alkanes) is 1. The molecule has 0 atom stereocenters. The van der Waals surface area contributed by atoms with Crippen LogP contribution in [0.4, 0.5) is 4.39 Å². The van der Waals surface area contributed by atoms with Gasteiger partial charge in [-0.2, -0.15) is 0 Å². The summed E-state index contributed by atoms with van der Waals surface area (Å²) in [6.45, 7) is 4.67. The lowest BCUT2D eigenvalue weighted by Crippen LogP contribution is -2.41. The monoisotopic (exact) mass is 357 g/mol. The molecule has 5 nitrogen and oxygen atoms in total. The molecule has 1 aliphatic rings. The Labute approximate surface area is 154 Å². The van der Waals surface area contributed by atoms with Crippen molar-refractivity contribution >= 4 is 5.96 Å². The summed E-state index contributed by atoms with van der Waals surface area (Å²) >= 11 is 0. The van der Waals surface area contributed by atoms with Gasteiger partial charge in [0.15, 0.2) is 5.96 Å². The van der Waals surface area contributed by atoms with Gasteiger partial charge in [-0.15, -0.1) is 0 Å². The van der Waals surface area contributed by atoms with Crippen LogP contribution in [-0.2, 0) is 12.0 Å². The van der Waals surface area contributed by atoms with E-state index in [0.717, 1.165) is 62.7 Å². The Balaban J connectivity index is 1.39. The van der Waals surface area contributed by atoms with E-state index >= 15 is 0 Å². The second kappa shape index (κ2) is 8.34. The minimum absolute atomic E-state index is 0.0542. The number of aromatic nitrogens is 2. The zero-order valence-corrected chi connectivity index (χ0v) is 15.6. The van der Waals surface area contributed by atoms with E-state index in [0.29, 0.717) is 0 Å². The van der Waals surface area contributed by atoms with Crippen LogP contribution in [0.2, 0.25) is 0 Å². The van der Waals surface area contributed by atoms with Crippen molar-refractivity contribution in [3.05, 3.63) is 53.9 Å². The molecule has 0 spiro atoms. The molecule has 0 amide bonds. The first kappa shape index (κ1) is 18.4. The molecule has 0 aliphatic heterocycles. The SMILES string of the molecule is CN=C(NCCCCn1ccnc1C)NCC1(c2cccc(F)c2)CC1. The zero-order chi connectivity index (χ0) is 18.4. The average molecular weight is 357 g/mol. The van der Waals surface area contributed by atoms with Crippen LogP contribution in [-0.4, -0.2) is 35.6 Å². The van der Waals surface area contributed by atoms with E-state index < -0.39 is 0 Å². The van der Waals surface area contributed by atoms with Crippen molar-refractivity contribution in [3.8, 4) is 0 Å². The number of imidazole rings is 1. The molecule has 0 saturated heterocycles. The number of aliphatic imine (C=N–C) groups is 1. The second-order valence-corrected chi connectivity index (χ2v) is 7.02. The summed E-state index contributed by atoms with van der Waals surface area (Å²) in [5.74, 6) is 1.71. The fraction of sp³-hybridized carbons (Fsp3) is 0.500. The van der Waals surface area contributed by atoms with Gasteiger partial charge in [-0.3, -0.25) is 4.99 Å². The molecular weight excluding hydrogens is 329 g/mol. The highest BCUT2D eigenvalue weighted by Gasteiger charge is 2.44. The number of guanidine groups is 1. The maximum atomic E-state index is 13.5. The molecule has 1 aromatic carbocycles. The molecule has 6 heteroatoms. The van der Waals surface area contributed by atoms with Crippen LogP contribution in [0.3, 0.4) is 0 Å². The van der Waals surface area contributed by atoms with Crippen LogP contribution in [0.1, 0.15) is 37.1 Å². The van der Waals surface area contributed by atoms with Gasteiger partial charge in [0.1, 0.15) is 11.6 Å². The van der Waals surface area contributed by atoms with Gasteiger partial charge >= 0.3 is 0 Å². The Bertz CT molecular complexity index is 748. The number of hydrogen-bond donors (Lipinski definition) is 2. The van der Waals surface area contributed by atoms with Gasteiger partial charge < -0.3 is 15.2 Å². The molecule has 1 aromatic heterocycles. The molecule has 1 fully saturated rings. The largest absolute Gasteiger partial charge is 0.356 e. The van der Waals surface area contributed by atoms with Crippen LogP contribution in [0, 0.1) is 12.7 Å². The van der Waals surface area contributed by atoms with Gasteiger partial charge in [0.25, 0.3) is 0 Å². The summed E-state index contributed by atoms with van der Waals surface area (Å²) in [5.41, 5.74) is 1.13. The van der Waals surface area contributed by atoms with E-state index in [1.54, 1.807) is 19.2 Å². The number of aryl methyl sites for hydroxylation is 2. The first-order chi connectivity index (χ1) is 12.6. The standard InChI is InChI=1S/C20H28FN5/c1-16-23-11-13-26(16)12-4-3-10-24-19(22-2)25-15-20(8-9-20)17-6-5-7-18(21)14-17/h5-7,11,13-14H,3-4,8-10,12,15H2,1-2H3,(H2,22,24,25). The number of nitrogens with zero attached hydrogens (tertiary/aromatic N) is 3. The fourth-order valence-electron chi connectivity index (χ4n) is 3.26. The summed E-state index contributed by atoms with van der Waals surface area (Å²) in [5, 5.41) is 6.77. The summed E-state index contributed by atoms with van der Waals surface area (Å²) in [6, 6.07) is 6.97. The van der Waals surface area contributed by atoms with Crippen LogP contribution in [0.25, 0.3) is 0 Å². The molecule has 2 aromatic rings. The minimum Gasteiger partial charge on any atom is -0.356 e. The first-order valence-corrected chi connectivity index (χ1v) is 9.31. The van der Waals surface area contributed by atoms with Crippen molar-refractivity contribution in [2.24, 2.45) is 4.99 Å². The molecular formula is C20H28FN5. The molecule has 0 bridgehead atoms. The van der Waals surface area contributed by atoms with E-state index in [1.807, 2.05) is 25.4 Å². The van der Waals surface area contributed by atoms with Crippen LogP contribution < -0.4 is 10.6 Å². The van der Waals surface area contributed by atoms with Gasteiger partial charge in [-0.1, -0.05) is 12.1 Å². The smallest absolute Gasteiger partial charge is 0.191 e. The van der Waals surface area contributed by atoms with Crippen LogP contribution >= 0.6 is 0 Å². The molecule has 1 saturated carbocycles. The van der Waals surface area contributed by atoms with Gasteiger partial charge in [0.05, 0.1) is 0 Å². The van der Waals surface area contributed by atoms with Gasteiger partial charge in [-0.25, -0.2) is 9.37 Å². The third-order valence-electron chi connectivity index (χ3n) is 5.15. The lowest BCUT2D eigenvalue weighted by Gasteiger charge is -2.19. The highest BCUT2D eigenvalue weighted by molar-refractivity contribution is 5.79. The highest BCUT2D eigenvalue weighted by Crippen LogP contribution is 2.47. The summed E-state index contributed by atoms with van der Waals surface area (Å²) < 4.78 is 15.7. The number of halogens is 1. The third-order valence-corrected chi connectivity index (χ3v) is 5.15. The van der Waals surface area contributed by atoms with Crippen molar-refractivity contribution in [2.45, 2.75) is 44.6 Å². The molecule has 2 N–H and O–H groups in total. The number of hydrogen-bond acceptors (Lipinski definition) is 2. The van der Waals surface area contributed by atoms with Gasteiger partial charge in [-0.05, 0) is 50.3 Å². The number of nitrogens with one attached hydrogen (secondary N) is 2. The van der Waals surface area contributed by atoms with Crippen molar-refractivity contribution < 1.29 is 4.39 Å². The minimum atomic E-state index is -0.163. The summed E-state index contributed by atoms with van der Waals surface area (Å²) in [7, 11) is 1.78. The van der Waals surface area contributed by atoms with Crippen molar-refractivity contribution in [1.29, 1.82) is 0 Å². The Morgan fingerprint density at radius 2 is 2.15 bits per heavy atom. The molecule has 26 heavy (non-hydrogen) atoms. The number of benzene rings is 1. The quantitative estimate of drug-likeness (QED) is 0.434. The van der Waals surface area contributed by atoms with E-state index in [4.69, 9.17) is 0 Å². The second-order valence-electron chi connectivity index (χ2n) is 7.02. The third kappa shape index (κ3) is 4.62. The van der Waals surface area contributed by atoms with Crippen LogP contribution in [0.5, 0.6) is 0 Å². The van der Waals surface area contributed by atoms with E-state index in [2.05, 4.69) is 25.2 Å². The van der Waals surface area contributed by atoms with Gasteiger partial charge in [0.2, 0.25) is 0 Å². The highest BCUT2D eigenvalue weighted by atomic mass is 19.1. The maximum Gasteiger partial charge on any atom is 0.191 e. The van der Waals surface area contributed by atoms with E-state index in [9.17, 15) is 4.39 Å².